The van der Waals surface area contributed by atoms with Gasteiger partial charge < -0.3 is 4.90 Å². The maximum absolute atomic E-state index is 13.1. The molecule has 3 aromatic carbocycles. The number of carbonyl (C=O) groups is 3. The lowest BCUT2D eigenvalue weighted by atomic mass is 9.94. The minimum atomic E-state index is -0.324. The van der Waals surface area contributed by atoms with E-state index in [-0.39, 0.29) is 42.5 Å². The Morgan fingerprint density at radius 1 is 0.968 bits per heavy atom. The number of amides is 3. The van der Waals surface area contributed by atoms with Crippen molar-refractivity contribution in [3.8, 4) is 0 Å². The van der Waals surface area contributed by atoms with Crippen LogP contribution in [0.4, 0.5) is 4.39 Å². The first-order chi connectivity index (χ1) is 14.9. The highest BCUT2D eigenvalue weighted by Gasteiger charge is 2.32. The minimum absolute atomic E-state index is 0.101. The van der Waals surface area contributed by atoms with Gasteiger partial charge in [0.2, 0.25) is 5.91 Å². The van der Waals surface area contributed by atoms with Gasteiger partial charge in [0.1, 0.15) is 5.82 Å². The summed E-state index contributed by atoms with van der Waals surface area (Å²) in [6.45, 7) is 2.05. The van der Waals surface area contributed by atoms with Gasteiger partial charge in [-0.1, -0.05) is 36.4 Å². The van der Waals surface area contributed by atoms with E-state index in [9.17, 15) is 18.8 Å². The predicted octanol–water partition coefficient (Wildman–Crippen LogP) is 4.57. The molecule has 1 heterocycles. The number of rotatable bonds is 6. The highest BCUT2D eigenvalue weighted by atomic mass is 19.1. The van der Waals surface area contributed by atoms with Crippen LogP contribution < -0.4 is 0 Å². The fraction of sp³-hybridized carbons (Fsp3) is 0.240. The van der Waals surface area contributed by atoms with Gasteiger partial charge in [0.15, 0.2) is 0 Å². The van der Waals surface area contributed by atoms with Crippen LogP contribution in [0, 0.1) is 5.82 Å². The van der Waals surface area contributed by atoms with E-state index in [0.29, 0.717) is 22.9 Å². The monoisotopic (exact) mass is 418 g/mol. The van der Waals surface area contributed by atoms with Crippen LogP contribution in [0.25, 0.3) is 10.8 Å². The molecule has 1 atom stereocenters. The van der Waals surface area contributed by atoms with E-state index >= 15 is 0 Å². The summed E-state index contributed by atoms with van der Waals surface area (Å²) in [6.07, 6.45) is 0.569. The van der Waals surface area contributed by atoms with E-state index in [0.717, 1.165) is 10.9 Å². The Hall–Kier alpha value is -3.54. The molecule has 0 bridgehead atoms. The molecular formula is C25H23FN2O3. The molecule has 1 unspecified atom stereocenters. The number of halogens is 1. The van der Waals surface area contributed by atoms with Crippen molar-refractivity contribution in [3.63, 3.8) is 0 Å². The van der Waals surface area contributed by atoms with Crippen LogP contribution in [0.2, 0.25) is 0 Å². The number of imide groups is 1. The van der Waals surface area contributed by atoms with Gasteiger partial charge in [-0.2, -0.15) is 0 Å². The molecule has 158 valence electrons. The molecule has 6 heteroatoms. The van der Waals surface area contributed by atoms with E-state index in [1.54, 1.807) is 36.2 Å². The van der Waals surface area contributed by atoms with Crippen molar-refractivity contribution in [2.75, 3.05) is 13.6 Å². The highest BCUT2D eigenvalue weighted by Crippen LogP contribution is 2.30. The van der Waals surface area contributed by atoms with Crippen molar-refractivity contribution >= 4 is 28.5 Å². The molecular weight excluding hydrogens is 395 g/mol. The van der Waals surface area contributed by atoms with Gasteiger partial charge in [-0.15, -0.1) is 0 Å². The molecule has 0 fully saturated rings. The predicted molar refractivity (Wildman–Crippen MR) is 116 cm³/mol. The van der Waals surface area contributed by atoms with Crippen LogP contribution in [0.3, 0.4) is 0 Å². The number of carbonyl (C=O) groups excluding carboxylic acids is 3. The standard InChI is InChI=1S/C25H23FN2O3/c1-16(17-11-13-19(26)14-12-17)27(2)22(29)10-5-15-28-24(30)20-8-3-6-18-7-4-9-21(23(18)20)25(28)31/h3-4,6-9,11-14,16H,5,10,15H2,1-2H3. The molecule has 0 aromatic heterocycles. The first-order valence-corrected chi connectivity index (χ1v) is 10.3. The van der Waals surface area contributed by atoms with Crippen LogP contribution in [0.5, 0.6) is 0 Å². The zero-order valence-electron chi connectivity index (χ0n) is 17.5. The zero-order chi connectivity index (χ0) is 22.1. The average Bonchev–Trinajstić information content (AvgIpc) is 2.79. The summed E-state index contributed by atoms with van der Waals surface area (Å²) in [4.78, 5) is 41.3. The third-order valence-corrected chi connectivity index (χ3v) is 5.95. The van der Waals surface area contributed by atoms with Crippen molar-refractivity contribution in [2.45, 2.75) is 25.8 Å². The van der Waals surface area contributed by atoms with E-state index in [2.05, 4.69) is 0 Å². The molecule has 0 radical (unpaired) electrons. The third-order valence-electron chi connectivity index (χ3n) is 5.95. The molecule has 0 N–H and O–H groups in total. The van der Waals surface area contributed by atoms with Gasteiger partial charge in [0.05, 0.1) is 6.04 Å². The second-order valence-electron chi connectivity index (χ2n) is 7.81. The quantitative estimate of drug-likeness (QED) is 0.551. The average molecular weight is 418 g/mol. The number of nitrogens with zero attached hydrogens (tertiary/aromatic N) is 2. The second-order valence-corrected chi connectivity index (χ2v) is 7.81. The number of benzene rings is 3. The van der Waals surface area contributed by atoms with Crippen LogP contribution >= 0.6 is 0 Å². The Morgan fingerprint density at radius 2 is 1.55 bits per heavy atom. The third kappa shape index (κ3) is 3.81. The largest absolute Gasteiger partial charge is 0.339 e. The maximum Gasteiger partial charge on any atom is 0.261 e. The van der Waals surface area contributed by atoms with Crippen molar-refractivity contribution in [2.24, 2.45) is 0 Å². The van der Waals surface area contributed by atoms with Gasteiger partial charge in [0, 0.05) is 36.5 Å². The Kier molecular flexibility index (Phi) is 5.55. The van der Waals surface area contributed by atoms with Crippen molar-refractivity contribution in [3.05, 3.63) is 83.2 Å². The van der Waals surface area contributed by atoms with Crippen molar-refractivity contribution in [1.82, 2.24) is 9.80 Å². The Balaban J connectivity index is 1.41. The zero-order valence-corrected chi connectivity index (χ0v) is 17.5. The second kappa shape index (κ2) is 8.30. The Morgan fingerprint density at radius 3 is 2.13 bits per heavy atom. The summed E-state index contributed by atoms with van der Waals surface area (Å²) < 4.78 is 13.1. The SMILES string of the molecule is CC(c1ccc(F)cc1)N(C)C(=O)CCCN1C(=O)c2cccc3cccc(c23)C1=O. The number of hydrogen-bond acceptors (Lipinski definition) is 3. The Bertz CT molecular complexity index is 1120. The number of hydrogen-bond donors (Lipinski definition) is 0. The van der Waals surface area contributed by atoms with Crippen LogP contribution in [-0.2, 0) is 4.79 Å². The van der Waals surface area contributed by atoms with Crippen LogP contribution in [0.15, 0.2) is 60.7 Å². The first kappa shape index (κ1) is 20.7. The van der Waals surface area contributed by atoms with Crippen molar-refractivity contribution < 1.29 is 18.8 Å². The molecule has 4 rings (SSSR count). The summed E-state index contributed by atoms with van der Waals surface area (Å²) in [5.74, 6) is -1.07. The van der Waals surface area contributed by atoms with Gasteiger partial charge >= 0.3 is 0 Å². The molecule has 1 aliphatic rings. The topological polar surface area (TPSA) is 57.7 Å². The van der Waals surface area contributed by atoms with E-state index in [1.165, 1.54) is 17.0 Å². The van der Waals surface area contributed by atoms with E-state index < -0.39 is 0 Å². The van der Waals surface area contributed by atoms with E-state index in [1.807, 2.05) is 31.2 Å². The van der Waals surface area contributed by atoms with Gasteiger partial charge in [-0.25, -0.2) is 4.39 Å². The summed E-state index contributed by atoms with van der Waals surface area (Å²) >= 11 is 0. The van der Waals surface area contributed by atoms with Crippen LogP contribution in [-0.4, -0.2) is 41.1 Å². The van der Waals surface area contributed by atoms with Gasteiger partial charge in [-0.3, -0.25) is 19.3 Å². The molecule has 0 saturated carbocycles. The molecule has 0 aliphatic carbocycles. The lowest BCUT2D eigenvalue weighted by molar-refractivity contribution is -0.132. The lowest BCUT2D eigenvalue weighted by Crippen LogP contribution is -2.41. The van der Waals surface area contributed by atoms with E-state index in [4.69, 9.17) is 0 Å². The normalized spacial score (nSPS) is 14.1. The smallest absolute Gasteiger partial charge is 0.261 e. The lowest BCUT2D eigenvalue weighted by Gasteiger charge is -2.28. The molecule has 3 amide bonds. The van der Waals surface area contributed by atoms with Crippen molar-refractivity contribution in [1.29, 1.82) is 0 Å². The maximum atomic E-state index is 13.1. The van der Waals surface area contributed by atoms with Gasteiger partial charge in [-0.05, 0) is 48.6 Å². The first-order valence-electron chi connectivity index (χ1n) is 10.3. The molecule has 0 spiro atoms. The fourth-order valence-corrected chi connectivity index (χ4v) is 4.03. The molecule has 31 heavy (non-hydrogen) atoms. The molecule has 0 saturated heterocycles. The molecule has 5 nitrogen and oxygen atoms in total. The molecule has 1 aliphatic heterocycles. The summed E-state index contributed by atoms with van der Waals surface area (Å²) in [5.41, 5.74) is 1.87. The van der Waals surface area contributed by atoms with Crippen LogP contribution in [0.1, 0.15) is 52.1 Å². The molecule has 3 aromatic rings. The van der Waals surface area contributed by atoms with Gasteiger partial charge in [0.25, 0.3) is 11.8 Å². The summed E-state index contributed by atoms with van der Waals surface area (Å²) in [6, 6.07) is 16.7. The minimum Gasteiger partial charge on any atom is -0.339 e. The summed E-state index contributed by atoms with van der Waals surface area (Å²) in [7, 11) is 1.70. The highest BCUT2D eigenvalue weighted by molar-refractivity contribution is 6.25. The fourth-order valence-electron chi connectivity index (χ4n) is 4.03. The Labute approximate surface area is 180 Å². The summed E-state index contributed by atoms with van der Waals surface area (Å²) in [5, 5.41) is 1.56.